The molecule has 1 aliphatic carbocycles. The average molecular weight is 161 g/mol. The highest BCUT2D eigenvalue weighted by Crippen LogP contribution is 2.37. The van der Waals surface area contributed by atoms with Crippen molar-refractivity contribution in [3.63, 3.8) is 0 Å². The van der Waals surface area contributed by atoms with Crippen LogP contribution in [-0.4, -0.2) is 12.1 Å². The molecule has 2 fully saturated rings. The second kappa shape index (κ2) is 2.22. The summed E-state index contributed by atoms with van der Waals surface area (Å²) in [7, 11) is 0. The summed E-state index contributed by atoms with van der Waals surface area (Å²) in [4.78, 5) is 0. The third-order valence-corrected chi connectivity index (χ3v) is 3.00. The maximum atomic E-state index is 2.48. The van der Waals surface area contributed by atoms with Gasteiger partial charge in [0.25, 0.3) is 0 Å². The largest absolute Gasteiger partial charge is 0.199 e. The van der Waals surface area contributed by atoms with Gasteiger partial charge in [-0.3, -0.25) is 0 Å². The molecule has 1 aromatic rings. The van der Waals surface area contributed by atoms with Gasteiger partial charge in [-0.25, -0.2) is 0 Å². The van der Waals surface area contributed by atoms with Crippen molar-refractivity contribution in [3.8, 4) is 0 Å². The number of aromatic nitrogens is 1. The summed E-state index contributed by atoms with van der Waals surface area (Å²) in [6.45, 7) is 0. The number of hydrogen-bond acceptors (Lipinski definition) is 1. The van der Waals surface area contributed by atoms with E-state index in [1.165, 1.54) is 19.3 Å². The van der Waals surface area contributed by atoms with Gasteiger partial charge in [0.2, 0.25) is 0 Å². The molecule has 1 saturated heterocycles. The van der Waals surface area contributed by atoms with E-state index in [-0.39, 0.29) is 0 Å². The summed E-state index contributed by atoms with van der Waals surface area (Å²) in [6.07, 6.45) is 8.50. The summed E-state index contributed by atoms with van der Waals surface area (Å²) >= 11 is 0. The molecule has 2 aliphatic rings. The van der Waals surface area contributed by atoms with E-state index in [9.17, 15) is 0 Å². The molecule has 2 atom stereocenters. The van der Waals surface area contributed by atoms with Gasteiger partial charge in [-0.05, 0) is 19.3 Å². The summed E-state index contributed by atoms with van der Waals surface area (Å²) < 4.78 is 2.23. The molecule has 0 radical (unpaired) electrons. The lowest BCUT2D eigenvalue weighted by molar-refractivity contribution is -0.679. The third-order valence-electron chi connectivity index (χ3n) is 3.00. The lowest BCUT2D eigenvalue weighted by Gasteiger charge is -2.01. The van der Waals surface area contributed by atoms with Crippen molar-refractivity contribution in [3.05, 3.63) is 30.6 Å². The second-order valence-corrected chi connectivity index (χ2v) is 3.70. The van der Waals surface area contributed by atoms with Crippen LogP contribution in [0.3, 0.4) is 0 Å². The average Bonchev–Trinajstić information content (AvgIpc) is 2.62. The zero-order valence-electron chi connectivity index (χ0n) is 7.06. The molecule has 0 aromatic carbocycles. The monoisotopic (exact) mass is 161 g/mol. The Morgan fingerprint density at radius 1 is 1.00 bits per heavy atom. The topological polar surface area (TPSA) is 6.89 Å². The number of nitrogens with zero attached hydrogens (tertiary/aromatic N) is 2. The molecule has 12 heavy (non-hydrogen) atoms. The first-order valence-electron chi connectivity index (χ1n) is 4.72. The Bertz CT molecular complexity index is 273. The van der Waals surface area contributed by atoms with Crippen molar-refractivity contribution >= 4 is 0 Å². The van der Waals surface area contributed by atoms with E-state index >= 15 is 0 Å². The van der Waals surface area contributed by atoms with Gasteiger partial charge in [0.05, 0.1) is 0 Å². The predicted octanol–water partition coefficient (Wildman–Crippen LogP) is 0.847. The van der Waals surface area contributed by atoms with E-state index in [1.54, 1.807) is 0 Å². The van der Waals surface area contributed by atoms with Crippen LogP contribution < -0.4 is 9.69 Å². The van der Waals surface area contributed by atoms with Gasteiger partial charge < -0.3 is 0 Å². The number of pyridine rings is 1. The molecule has 0 N–H and O–H groups in total. The molecule has 1 aliphatic heterocycles. The zero-order valence-corrected chi connectivity index (χ0v) is 7.06. The van der Waals surface area contributed by atoms with Crippen LogP contribution in [-0.2, 0) is 0 Å². The Balaban J connectivity index is 1.85. The van der Waals surface area contributed by atoms with Crippen molar-refractivity contribution in [1.82, 2.24) is 0 Å². The maximum absolute atomic E-state index is 2.48. The summed E-state index contributed by atoms with van der Waals surface area (Å²) in [5, 5.41) is 2.48. The van der Waals surface area contributed by atoms with Crippen LogP contribution in [0.25, 0.3) is 0 Å². The van der Waals surface area contributed by atoms with Gasteiger partial charge in [-0.1, -0.05) is 10.7 Å². The summed E-state index contributed by atoms with van der Waals surface area (Å²) in [5.74, 6) is 0. The Kier molecular flexibility index (Phi) is 1.20. The smallest absolute Gasteiger partial charge is 0.170 e. The quantitative estimate of drug-likeness (QED) is 0.437. The lowest BCUT2D eigenvalue weighted by atomic mass is 10.3. The molecule has 62 valence electrons. The van der Waals surface area contributed by atoms with Crippen LogP contribution >= 0.6 is 0 Å². The van der Waals surface area contributed by atoms with E-state index in [1.807, 2.05) is 0 Å². The number of fused-ring (bicyclic) bond motifs is 1. The molecule has 3 rings (SSSR count). The molecule has 0 amide bonds. The second-order valence-electron chi connectivity index (χ2n) is 3.70. The van der Waals surface area contributed by atoms with Crippen LogP contribution in [0.15, 0.2) is 30.6 Å². The van der Waals surface area contributed by atoms with E-state index in [0.717, 1.165) is 12.1 Å². The van der Waals surface area contributed by atoms with Crippen molar-refractivity contribution in [2.75, 3.05) is 5.01 Å². The van der Waals surface area contributed by atoms with Crippen LogP contribution in [0.4, 0.5) is 0 Å². The van der Waals surface area contributed by atoms with Gasteiger partial charge in [0, 0.05) is 12.1 Å². The SMILES string of the molecule is c1cc[n+](N2C3CCCC32)cc1. The molecule has 2 nitrogen and oxygen atoms in total. The molecular weight excluding hydrogens is 148 g/mol. The van der Waals surface area contributed by atoms with Crippen LogP contribution in [0.2, 0.25) is 0 Å². The van der Waals surface area contributed by atoms with Crippen LogP contribution in [0.5, 0.6) is 0 Å². The highest BCUT2D eigenvalue weighted by molar-refractivity contribution is 5.19. The highest BCUT2D eigenvalue weighted by atomic mass is 15.7. The molecule has 0 bridgehead atoms. The molecule has 2 unspecified atom stereocenters. The van der Waals surface area contributed by atoms with Gasteiger partial charge in [0.1, 0.15) is 12.1 Å². The van der Waals surface area contributed by atoms with E-state index in [0.29, 0.717) is 0 Å². The Labute approximate surface area is 72.4 Å². The molecule has 1 saturated carbocycles. The standard InChI is InChI=1S/C10H13N2/c1-2-7-11(8-3-1)12-9-5-4-6-10(9)12/h1-3,7-10H,4-6H2/q+1. The minimum Gasteiger partial charge on any atom is -0.170 e. The Morgan fingerprint density at radius 2 is 1.67 bits per heavy atom. The number of piperidine rings is 1. The van der Waals surface area contributed by atoms with Gasteiger partial charge in [0.15, 0.2) is 12.4 Å². The van der Waals surface area contributed by atoms with Gasteiger partial charge in [-0.15, -0.1) is 0 Å². The predicted molar refractivity (Wildman–Crippen MR) is 46.3 cm³/mol. The molecular formula is C10H13N2+. The van der Waals surface area contributed by atoms with Gasteiger partial charge in [-0.2, -0.15) is 5.01 Å². The molecule has 0 spiro atoms. The fraction of sp³-hybridized carbons (Fsp3) is 0.500. The molecule has 2 heterocycles. The number of rotatable bonds is 1. The first-order valence-corrected chi connectivity index (χ1v) is 4.72. The minimum absolute atomic E-state index is 0.859. The minimum atomic E-state index is 0.859. The van der Waals surface area contributed by atoms with Gasteiger partial charge >= 0.3 is 0 Å². The Morgan fingerprint density at radius 3 is 2.33 bits per heavy atom. The zero-order chi connectivity index (χ0) is 7.97. The van der Waals surface area contributed by atoms with Crippen molar-refractivity contribution in [2.24, 2.45) is 0 Å². The van der Waals surface area contributed by atoms with E-state index in [4.69, 9.17) is 0 Å². The Hall–Kier alpha value is -1.05. The van der Waals surface area contributed by atoms with Crippen molar-refractivity contribution < 1.29 is 4.68 Å². The normalized spacial score (nSPS) is 31.8. The lowest BCUT2D eigenvalue weighted by Crippen LogP contribution is -2.47. The highest BCUT2D eigenvalue weighted by Gasteiger charge is 2.56. The van der Waals surface area contributed by atoms with Crippen molar-refractivity contribution in [2.45, 2.75) is 31.3 Å². The number of hydrogen-bond donors (Lipinski definition) is 0. The fourth-order valence-electron chi connectivity index (χ4n) is 2.39. The van der Waals surface area contributed by atoms with Crippen molar-refractivity contribution in [1.29, 1.82) is 0 Å². The van der Waals surface area contributed by atoms with E-state index < -0.39 is 0 Å². The first-order chi connectivity index (χ1) is 5.97. The molecule has 2 heteroatoms. The van der Waals surface area contributed by atoms with E-state index in [2.05, 4.69) is 40.3 Å². The molecule has 1 aromatic heterocycles. The van der Waals surface area contributed by atoms with Crippen LogP contribution in [0, 0.1) is 0 Å². The fourth-order valence-corrected chi connectivity index (χ4v) is 2.39. The maximum Gasteiger partial charge on any atom is 0.199 e. The summed E-state index contributed by atoms with van der Waals surface area (Å²) in [6, 6.07) is 7.97. The van der Waals surface area contributed by atoms with Crippen LogP contribution in [0.1, 0.15) is 19.3 Å². The summed E-state index contributed by atoms with van der Waals surface area (Å²) in [5.41, 5.74) is 0. The first kappa shape index (κ1) is 6.46. The third kappa shape index (κ3) is 0.779.